The number of rotatable bonds is 11. The van der Waals surface area contributed by atoms with Crippen molar-refractivity contribution in [2.24, 2.45) is 5.73 Å². The number of carbonyl (C=O) groups excluding carboxylic acids is 2. The van der Waals surface area contributed by atoms with Gasteiger partial charge in [-0.2, -0.15) is 0 Å². The lowest BCUT2D eigenvalue weighted by Crippen LogP contribution is -2.28. The van der Waals surface area contributed by atoms with Crippen LogP contribution in [0, 0.1) is 0 Å². The van der Waals surface area contributed by atoms with Crippen LogP contribution in [0.25, 0.3) is 0 Å². The highest BCUT2D eigenvalue weighted by molar-refractivity contribution is 5.77. The van der Waals surface area contributed by atoms with E-state index >= 15 is 0 Å². The third-order valence-corrected chi connectivity index (χ3v) is 2.40. The van der Waals surface area contributed by atoms with E-state index in [2.05, 4.69) is 10.6 Å². The number of carbonyl (C=O) groups is 3. The molecule has 7 nitrogen and oxygen atoms in total. The highest BCUT2D eigenvalue weighted by atomic mass is 16.4. The maximum atomic E-state index is 11.3. The van der Waals surface area contributed by atoms with Gasteiger partial charge in [0.15, 0.2) is 0 Å². The molecule has 0 atom stereocenters. The molecule has 0 aromatic rings. The molecule has 0 radical (unpaired) electrons. The van der Waals surface area contributed by atoms with Crippen LogP contribution in [0.2, 0.25) is 0 Å². The predicted octanol–water partition coefficient (Wildman–Crippen LogP) is -0.397. The van der Waals surface area contributed by atoms with Gasteiger partial charge in [-0.1, -0.05) is 0 Å². The van der Waals surface area contributed by atoms with Crippen LogP contribution in [0.15, 0.2) is 0 Å². The minimum absolute atomic E-state index is 0.0488. The van der Waals surface area contributed by atoms with E-state index in [9.17, 15) is 14.4 Å². The standard InChI is InChI=1S/C12H23N3O4/c13-7-1-4-10(16)14-8-2-5-11(17)15-9-3-6-12(18)19/h1-9,13H2,(H,14,16)(H,15,17)(H,18,19). The zero-order valence-electron chi connectivity index (χ0n) is 11.1. The van der Waals surface area contributed by atoms with E-state index in [4.69, 9.17) is 10.8 Å². The molecule has 0 bridgehead atoms. The van der Waals surface area contributed by atoms with E-state index in [1.54, 1.807) is 0 Å². The quantitative estimate of drug-likeness (QED) is 0.382. The van der Waals surface area contributed by atoms with E-state index < -0.39 is 5.97 Å². The molecule has 0 unspecified atom stereocenters. The number of nitrogens with one attached hydrogen (secondary N) is 2. The Hall–Kier alpha value is -1.63. The van der Waals surface area contributed by atoms with Crippen molar-refractivity contribution in [1.29, 1.82) is 0 Å². The number of nitrogens with two attached hydrogens (primary N) is 1. The highest BCUT2D eigenvalue weighted by Gasteiger charge is 2.03. The summed E-state index contributed by atoms with van der Waals surface area (Å²) in [5, 5.41) is 13.7. The van der Waals surface area contributed by atoms with E-state index in [0.717, 1.165) is 0 Å². The summed E-state index contributed by atoms with van der Waals surface area (Å²) in [6.07, 6.45) is 2.45. The van der Waals surface area contributed by atoms with E-state index in [1.165, 1.54) is 0 Å². The summed E-state index contributed by atoms with van der Waals surface area (Å²) in [5.41, 5.74) is 5.28. The van der Waals surface area contributed by atoms with Crippen LogP contribution in [0.3, 0.4) is 0 Å². The van der Waals surface area contributed by atoms with Crippen molar-refractivity contribution in [1.82, 2.24) is 10.6 Å². The summed E-state index contributed by atoms with van der Waals surface area (Å²) < 4.78 is 0. The van der Waals surface area contributed by atoms with Crippen molar-refractivity contribution in [3.63, 3.8) is 0 Å². The molecule has 0 aliphatic heterocycles. The van der Waals surface area contributed by atoms with E-state index in [1.807, 2.05) is 0 Å². The van der Waals surface area contributed by atoms with Gasteiger partial charge in [0.2, 0.25) is 11.8 Å². The van der Waals surface area contributed by atoms with Gasteiger partial charge >= 0.3 is 5.97 Å². The lowest BCUT2D eigenvalue weighted by atomic mass is 10.2. The first-order chi connectivity index (χ1) is 9.06. The molecule has 0 aromatic heterocycles. The molecule has 19 heavy (non-hydrogen) atoms. The third-order valence-electron chi connectivity index (χ3n) is 2.40. The predicted molar refractivity (Wildman–Crippen MR) is 70.4 cm³/mol. The Labute approximate surface area is 112 Å². The van der Waals surface area contributed by atoms with E-state index in [-0.39, 0.29) is 18.2 Å². The van der Waals surface area contributed by atoms with Crippen LogP contribution in [-0.4, -0.2) is 42.5 Å². The largest absolute Gasteiger partial charge is 0.481 e. The number of carboxylic acids is 1. The number of hydrogen-bond acceptors (Lipinski definition) is 4. The Morgan fingerprint density at radius 2 is 1.32 bits per heavy atom. The fraction of sp³-hybridized carbons (Fsp3) is 0.750. The van der Waals surface area contributed by atoms with Crippen molar-refractivity contribution in [2.45, 2.75) is 38.5 Å². The molecule has 5 N–H and O–H groups in total. The second-order valence-corrected chi connectivity index (χ2v) is 4.19. The third kappa shape index (κ3) is 12.6. The topological polar surface area (TPSA) is 122 Å². The second-order valence-electron chi connectivity index (χ2n) is 4.19. The fourth-order valence-electron chi connectivity index (χ4n) is 1.38. The van der Waals surface area contributed by atoms with Gasteiger partial charge in [-0.05, 0) is 25.8 Å². The summed E-state index contributed by atoms with van der Waals surface area (Å²) >= 11 is 0. The first-order valence-electron chi connectivity index (χ1n) is 6.51. The molecule has 2 amide bonds. The van der Waals surface area contributed by atoms with Crippen LogP contribution in [0.1, 0.15) is 38.5 Å². The molecule has 0 heterocycles. The molecule has 7 heteroatoms. The average molecular weight is 273 g/mol. The van der Waals surface area contributed by atoms with Crippen LogP contribution < -0.4 is 16.4 Å². The summed E-state index contributed by atoms with van der Waals surface area (Å²) in [7, 11) is 0. The molecule has 0 fully saturated rings. The first-order valence-corrected chi connectivity index (χ1v) is 6.51. The Kier molecular flexibility index (Phi) is 10.5. The zero-order chi connectivity index (χ0) is 14.5. The summed E-state index contributed by atoms with van der Waals surface area (Å²) in [6, 6.07) is 0. The SMILES string of the molecule is NCCCC(=O)NCCCC(=O)NCCCC(=O)O. The summed E-state index contributed by atoms with van der Waals surface area (Å²) in [4.78, 5) is 32.7. The molecule has 0 aliphatic rings. The number of aliphatic carboxylic acids is 1. The van der Waals surface area contributed by atoms with Crippen LogP contribution in [0.4, 0.5) is 0 Å². The highest BCUT2D eigenvalue weighted by Crippen LogP contribution is 1.91. The van der Waals surface area contributed by atoms with Gasteiger partial charge in [-0.15, -0.1) is 0 Å². The van der Waals surface area contributed by atoms with Crippen molar-refractivity contribution >= 4 is 17.8 Å². The van der Waals surface area contributed by atoms with Crippen molar-refractivity contribution in [3.05, 3.63) is 0 Å². The molecule has 0 spiro atoms. The molecule has 0 saturated heterocycles. The van der Waals surface area contributed by atoms with Crippen molar-refractivity contribution in [2.75, 3.05) is 19.6 Å². The molecule has 0 aliphatic carbocycles. The Balaban J connectivity index is 3.38. The molecule has 0 rings (SSSR count). The first kappa shape index (κ1) is 17.4. The van der Waals surface area contributed by atoms with Crippen LogP contribution in [-0.2, 0) is 14.4 Å². The van der Waals surface area contributed by atoms with Crippen molar-refractivity contribution in [3.8, 4) is 0 Å². The number of amides is 2. The maximum absolute atomic E-state index is 11.3. The Bertz CT molecular complexity index is 295. The minimum atomic E-state index is -0.866. The lowest BCUT2D eigenvalue weighted by molar-refractivity contribution is -0.137. The molecule has 0 aromatic carbocycles. The second kappa shape index (κ2) is 11.5. The number of carboxylic acid groups (broad SMARTS) is 1. The molecular weight excluding hydrogens is 250 g/mol. The Morgan fingerprint density at radius 1 is 0.842 bits per heavy atom. The van der Waals surface area contributed by atoms with Gasteiger partial charge < -0.3 is 21.5 Å². The minimum Gasteiger partial charge on any atom is -0.481 e. The van der Waals surface area contributed by atoms with E-state index in [0.29, 0.717) is 51.7 Å². The smallest absolute Gasteiger partial charge is 0.303 e. The van der Waals surface area contributed by atoms with Crippen LogP contribution >= 0.6 is 0 Å². The fourth-order valence-corrected chi connectivity index (χ4v) is 1.38. The zero-order valence-corrected chi connectivity index (χ0v) is 11.1. The lowest BCUT2D eigenvalue weighted by Gasteiger charge is -2.05. The van der Waals surface area contributed by atoms with Gasteiger partial charge in [0, 0.05) is 32.4 Å². The summed E-state index contributed by atoms with van der Waals surface area (Å²) in [6.45, 7) is 1.33. The monoisotopic (exact) mass is 273 g/mol. The van der Waals surface area contributed by atoms with Gasteiger partial charge in [0.05, 0.1) is 0 Å². The molecule has 110 valence electrons. The maximum Gasteiger partial charge on any atom is 0.303 e. The number of hydrogen-bond donors (Lipinski definition) is 4. The molecular formula is C12H23N3O4. The molecule has 0 saturated carbocycles. The van der Waals surface area contributed by atoms with Gasteiger partial charge in [-0.3, -0.25) is 14.4 Å². The Morgan fingerprint density at radius 3 is 1.79 bits per heavy atom. The van der Waals surface area contributed by atoms with Crippen LogP contribution in [0.5, 0.6) is 0 Å². The van der Waals surface area contributed by atoms with Crippen molar-refractivity contribution < 1.29 is 19.5 Å². The van der Waals surface area contributed by atoms with Gasteiger partial charge in [0.1, 0.15) is 0 Å². The van der Waals surface area contributed by atoms with Gasteiger partial charge in [0.25, 0.3) is 0 Å². The average Bonchev–Trinajstić information content (AvgIpc) is 2.37. The van der Waals surface area contributed by atoms with Gasteiger partial charge in [-0.25, -0.2) is 0 Å². The summed E-state index contributed by atoms with van der Waals surface area (Å²) in [5.74, 6) is -1.04. The normalized spacial score (nSPS) is 9.95.